The number of nitrogens with two attached hydrogens (primary N) is 1. The fourth-order valence-corrected chi connectivity index (χ4v) is 2.71. The molecule has 4 nitrogen and oxygen atoms in total. The summed E-state index contributed by atoms with van der Waals surface area (Å²) in [5.41, 5.74) is 6.14. The van der Waals surface area contributed by atoms with E-state index in [0.29, 0.717) is 15.5 Å². The number of benzene rings is 1. The van der Waals surface area contributed by atoms with Crippen LogP contribution in [0.15, 0.2) is 28.1 Å². The van der Waals surface area contributed by atoms with E-state index in [9.17, 15) is 13.2 Å². The Morgan fingerprint density at radius 2 is 1.80 bits per heavy atom. The monoisotopic (exact) mass is 421 g/mol. The van der Waals surface area contributed by atoms with Gasteiger partial charge in [-0.3, -0.25) is 0 Å². The molecule has 0 atom stereocenters. The van der Waals surface area contributed by atoms with Crippen molar-refractivity contribution in [3.8, 4) is 5.75 Å². The van der Waals surface area contributed by atoms with Gasteiger partial charge in [0.25, 0.3) is 0 Å². The van der Waals surface area contributed by atoms with Crippen molar-refractivity contribution in [2.24, 2.45) is 5.73 Å². The van der Waals surface area contributed by atoms with Crippen molar-refractivity contribution in [3.05, 3.63) is 33.7 Å². The Morgan fingerprint density at radius 1 is 1.24 bits per heavy atom. The van der Waals surface area contributed by atoms with Crippen LogP contribution in [0.2, 0.25) is 0 Å². The van der Waals surface area contributed by atoms with Crippen LogP contribution in [-0.2, 0) is 9.31 Å². The van der Waals surface area contributed by atoms with Crippen molar-refractivity contribution < 1.29 is 27.2 Å². The molecule has 138 valence electrons. The van der Waals surface area contributed by atoms with Gasteiger partial charge >= 0.3 is 13.5 Å². The van der Waals surface area contributed by atoms with Gasteiger partial charge in [-0.05, 0) is 50.9 Å². The van der Waals surface area contributed by atoms with Crippen LogP contribution in [0.4, 0.5) is 13.2 Å². The van der Waals surface area contributed by atoms with E-state index < -0.39 is 24.7 Å². The van der Waals surface area contributed by atoms with Gasteiger partial charge < -0.3 is 19.8 Å². The van der Waals surface area contributed by atoms with Gasteiger partial charge in [-0.15, -0.1) is 13.2 Å². The maximum absolute atomic E-state index is 12.3. The Bertz CT molecular complexity index is 661. The number of hydrogen-bond acceptors (Lipinski definition) is 4. The lowest BCUT2D eigenvalue weighted by molar-refractivity contribution is -0.274. The van der Waals surface area contributed by atoms with Crippen molar-refractivity contribution in [2.75, 3.05) is 6.54 Å². The second kappa shape index (κ2) is 6.94. The topological polar surface area (TPSA) is 53.7 Å². The van der Waals surface area contributed by atoms with Gasteiger partial charge in [-0.1, -0.05) is 28.1 Å². The smallest absolute Gasteiger partial charge is 0.406 e. The summed E-state index contributed by atoms with van der Waals surface area (Å²) in [5.74, 6) is -0.304. The predicted octanol–water partition coefficient (Wildman–Crippen LogP) is 4.32. The van der Waals surface area contributed by atoms with E-state index in [1.54, 1.807) is 6.08 Å². The minimum atomic E-state index is -4.73. The van der Waals surface area contributed by atoms with E-state index >= 15 is 0 Å². The maximum Gasteiger partial charge on any atom is 0.573 e. The third-order valence-electron chi connectivity index (χ3n) is 4.34. The molecule has 2 rings (SSSR count). The van der Waals surface area contributed by atoms with Crippen molar-refractivity contribution in [3.63, 3.8) is 0 Å². The molecule has 0 aliphatic carbocycles. The quantitative estimate of drug-likeness (QED) is 0.735. The predicted molar refractivity (Wildman–Crippen MR) is 93.9 cm³/mol. The molecular weight excluding hydrogens is 402 g/mol. The molecule has 2 N–H and O–H groups in total. The average molecular weight is 422 g/mol. The van der Waals surface area contributed by atoms with Gasteiger partial charge in [-0.25, -0.2) is 0 Å². The Balaban J connectivity index is 2.26. The Labute approximate surface area is 153 Å². The van der Waals surface area contributed by atoms with Crippen LogP contribution >= 0.6 is 15.9 Å². The van der Waals surface area contributed by atoms with Crippen LogP contribution in [0.25, 0.3) is 6.08 Å². The highest BCUT2D eigenvalue weighted by molar-refractivity contribution is 9.10. The van der Waals surface area contributed by atoms with Crippen molar-refractivity contribution in [2.45, 2.75) is 45.3 Å². The molecule has 1 saturated heterocycles. The molecule has 1 aliphatic rings. The van der Waals surface area contributed by atoms with Crippen molar-refractivity contribution in [1.29, 1.82) is 0 Å². The summed E-state index contributed by atoms with van der Waals surface area (Å²) in [4.78, 5) is 0. The molecule has 1 aromatic rings. The summed E-state index contributed by atoms with van der Waals surface area (Å²) < 4.78 is 53.1. The highest BCUT2D eigenvalue weighted by Gasteiger charge is 2.52. The number of rotatable bonds is 4. The van der Waals surface area contributed by atoms with Gasteiger partial charge in [-0.2, -0.15) is 0 Å². The Kier molecular flexibility index (Phi) is 5.63. The fraction of sp³-hybridized carbons (Fsp3) is 0.500. The number of hydrogen-bond donors (Lipinski definition) is 1. The molecule has 0 spiro atoms. The lowest BCUT2D eigenvalue weighted by Gasteiger charge is -2.32. The fourth-order valence-electron chi connectivity index (χ4n) is 2.24. The third-order valence-corrected chi connectivity index (χ3v) is 5.02. The van der Waals surface area contributed by atoms with E-state index in [2.05, 4.69) is 20.7 Å². The molecule has 1 aliphatic heterocycles. The molecule has 1 heterocycles. The number of alkyl halides is 3. The van der Waals surface area contributed by atoms with Gasteiger partial charge in [0.05, 0.1) is 11.2 Å². The molecule has 0 radical (unpaired) electrons. The van der Waals surface area contributed by atoms with Crippen LogP contribution in [0.3, 0.4) is 0 Å². The second-order valence-corrected chi connectivity index (χ2v) is 7.60. The lowest BCUT2D eigenvalue weighted by Crippen LogP contribution is -2.41. The van der Waals surface area contributed by atoms with Crippen molar-refractivity contribution in [1.82, 2.24) is 0 Å². The van der Waals surface area contributed by atoms with Gasteiger partial charge in [0.1, 0.15) is 5.75 Å². The van der Waals surface area contributed by atoms with Crippen LogP contribution in [0.5, 0.6) is 5.75 Å². The molecule has 0 unspecified atom stereocenters. The van der Waals surface area contributed by atoms with Gasteiger partial charge in [0.2, 0.25) is 0 Å². The summed E-state index contributed by atoms with van der Waals surface area (Å²) >= 11 is 3.25. The highest BCUT2D eigenvalue weighted by Crippen LogP contribution is 2.39. The Morgan fingerprint density at radius 3 is 2.24 bits per heavy atom. The molecule has 0 bridgehead atoms. The molecule has 1 fully saturated rings. The average Bonchev–Trinajstić information content (AvgIpc) is 2.64. The maximum atomic E-state index is 12.3. The normalized spacial score (nSPS) is 20.0. The molecule has 25 heavy (non-hydrogen) atoms. The van der Waals surface area contributed by atoms with Crippen LogP contribution in [0.1, 0.15) is 33.3 Å². The summed E-state index contributed by atoms with van der Waals surface area (Å²) in [5, 5.41) is 0. The second-order valence-electron chi connectivity index (χ2n) is 6.74. The first-order chi connectivity index (χ1) is 11.3. The minimum Gasteiger partial charge on any atom is -0.406 e. The lowest BCUT2D eigenvalue weighted by atomic mass is 9.77. The molecular formula is C16H20BBrF3NO3. The number of ether oxygens (including phenoxy) is 1. The standard InChI is InChI=1S/C16H20BBrF3NO3/c1-14(2)15(3,4)25-17(24-14)11(9-22)7-10-5-6-12(8-13(10)18)23-16(19,20)21/h5-8H,9,22H2,1-4H3. The van der Waals surface area contributed by atoms with Crippen molar-refractivity contribution >= 4 is 29.1 Å². The number of halogens is 4. The SMILES string of the molecule is CC1(C)OB(C(=Cc2ccc(OC(F)(F)F)cc2Br)CN)OC1(C)C. The Hall–Kier alpha value is -1.03. The van der Waals surface area contributed by atoms with E-state index in [1.165, 1.54) is 18.2 Å². The van der Waals surface area contributed by atoms with E-state index in [1.807, 2.05) is 27.7 Å². The minimum absolute atomic E-state index is 0.185. The van der Waals surface area contributed by atoms with Crippen LogP contribution in [0, 0.1) is 0 Å². The first-order valence-electron chi connectivity index (χ1n) is 7.66. The first-order valence-corrected chi connectivity index (χ1v) is 8.45. The zero-order chi connectivity index (χ0) is 19.0. The summed E-state index contributed by atoms with van der Waals surface area (Å²) in [6, 6.07) is 3.99. The molecule has 1 aromatic carbocycles. The zero-order valence-corrected chi connectivity index (χ0v) is 16.0. The van der Waals surface area contributed by atoms with E-state index in [4.69, 9.17) is 15.0 Å². The summed E-state index contributed by atoms with van der Waals surface area (Å²) in [7, 11) is -0.618. The molecule has 9 heteroatoms. The van der Waals surface area contributed by atoms with Crippen LogP contribution < -0.4 is 10.5 Å². The third kappa shape index (κ3) is 4.78. The molecule has 0 saturated carbocycles. The van der Waals surface area contributed by atoms with E-state index in [0.717, 1.165) is 0 Å². The molecule has 0 aromatic heterocycles. The van der Waals surface area contributed by atoms with Gasteiger partial charge in [0.15, 0.2) is 0 Å². The first kappa shape index (κ1) is 20.3. The zero-order valence-electron chi connectivity index (χ0n) is 14.4. The largest absolute Gasteiger partial charge is 0.573 e. The summed E-state index contributed by atoms with van der Waals surface area (Å²) in [6.45, 7) is 7.91. The highest BCUT2D eigenvalue weighted by atomic mass is 79.9. The molecule has 0 amide bonds. The van der Waals surface area contributed by atoms with Crippen LogP contribution in [-0.4, -0.2) is 31.2 Å². The summed E-state index contributed by atoms with van der Waals surface area (Å²) in [6.07, 6.45) is -2.99. The van der Waals surface area contributed by atoms with E-state index in [-0.39, 0.29) is 12.3 Å². The van der Waals surface area contributed by atoms with Gasteiger partial charge in [0, 0.05) is 11.0 Å².